The molecule has 0 bridgehead atoms. The largest absolute Gasteiger partial charge is 0.481 e. The molecule has 1 aliphatic heterocycles. The quantitative estimate of drug-likeness (QED) is 0.241. The lowest BCUT2D eigenvalue weighted by Gasteiger charge is -2.72. The van der Waals surface area contributed by atoms with Gasteiger partial charge in [0.25, 0.3) is 0 Å². The standard InChI is InChI=1S/C45H71FN2O4S/c1-30(2)33-13-20-45(47-23-24-48-25-26-53(51,52)28-31(3)27-48)22-21-42(7)35(38(33)45)9-10-37-41(6)16-14-34(40(4,5)36(41)15-17-43(37,42)8)32-11-18-44(29-46,19-12-32)39(49)50/h11,14,31,33,35-38,47H,1,9-10,12-13,15-29H2,2-8H3,(H,49,50)/t31?,33-,35+,36-,37+,38+,41-,42+,43+,44+,45-/m0/s1. The molecule has 0 amide bonds. The summed E-state index contributed by atoms with van der Waals surface area (Å²) >= 11 is 0. The number of sulfone groups is 1. The summed E-state index contributed by atoms with van der Waals surface area (Å²) in [4.78, 5) is 14.4. The fraction of sp³-hybridized carbons (Fsp3) is 0.844. The van der Waals surface area contributed by atoms with E-state index in [2.05, 4.69) is 77.4 Å². The molecule has 0 radical (unpaired) electrons. The fourth-order valence-electron chi connectivity index (χ4n) is 15.2. The molecule has 5 fully saturated rings. The number of carboxylic acids is 1. The van der Waals surface area contributed by atoms with Gasteiger partial charge in [-0.1, -0.05) is 65.8 Å². The van der Waals surface area contributed by atoms with E-state index in [9.17, 15) is 22.7 Å². The molecule has 0 spiro atoms. The summed E-state index contributed by atoms with van der Waals surface area (Å²) in [5, 5.41) is 14.1. The van der Waals surface area contributed by atoms with Crippen LogP contribution in [0.3, 0.4) is 0 Å². The number of carboxylic acid groups (broad SMARTS) is 1. The summed E-state index contributed by atoms with van der Waals surface area (Å²) in [7, 11) is -2.96. The second kappa shape index (κ2) is 13.6. The smallest absolute Gasteiger partial charge is 0.312 e. The third-order valence-electron chi connectivity index (χ3n) is 18.0. The molecule has 6 aliphatic carbocycles. The number of aliphatic carboxylic acids is 1. The molecule has 7 rings (SSSR count). The van der Waals surface area contributed by atoms with Crippen LogP contribution in [0.15, 0.2) is 35.5 Å². The van der Waals surface area contributed by atoms with Crippen LogP contribution < -0.4 is 5.32 Å². The van der Waals surface area contributed by atoms with Gasteiger partial charge in [0.2, 0.25) is 0 Å². The van der Waals surface area contributed by atoms with E-state index in [0.29, 0.717) is 54.7 Å². The van der Waals surface area contributed by atoms with Crippen molar-refractivity contribution in [2.24, 2.45) is 62.6 Å². The van der Waals surface area contributed by atoms with Gasteiger partial charge in [0.1, 0.15) is 6.67 Å². The molecule has 0 aromatic heterocycles. The first-order chi connectivity index (χ1) is 24.8. The number of hydrogen-bond acceptors (Lipinski definition) is 5. The Hall–Kier alpha value is -1.51. The van der Waals surface area contributed by atoms with Gasteiger partial charge >= 0.3 is 5.97 Å². The Morgan fingerprint density at radius 2 is 1.74 bits per heavy atom. The van der Waals surface area contributed by atoms with Gasteiger partial charge in [-0.25, -0.2) is 12.8 Å². The molecule has 6 nitrogen and oxygen atoms in total. The minimum atomic E-state index is -2.96. The SMILES string of the molecule is C=C(C)[C@@H]1CC[C@]2(NCCN3CCS(=O)(=O)CC(C)C3)CC[C@]3(C)[C@H](CC[C@@H]4[C@@]5(C)CC=C(C6=CC[C@@](CF)(C(=O)O)CC6)C(C)(C)[C@@H]5CC[C@]43C)[C@@H]12. The van der Waals surface area contributed by atoms with Gasteiger partial charge in [-0.05, 0) is 152 Å². The normalized spacial score (nSPS) is 46.4. The minimum absolute atomic E-state index is 0.0195. The summed E-state index contributed by atoms with van der Waals surface area (Å²) in [5.41, 5.74) is 3.56. The van der Waals surface area contributed by atoms with Gasteiger partial charge in [-0.3, -0.25) is 4.79 Å². The Bertz CT molecular complexity index is 1650. The number of fused-ring (bicyclic) bond motifs is 7. The maximum absolute atomic E-state index is 14.0. The van der Waals surface area contributed by atoms with Gasteiger partial charge in [0.15, 0.2) is 9.84 Å². The maximum atomic E-state index is 14.0. The highest BCUT2D eigenvalue weighted by atomic mass is 32.2. The summed E-state index contributed by atoms with van der Waals surface area (Å²) in [6, 6.07) is 0. The first-order valence-electron chi connectivity index (χ1n) is 21.3. The summed E-state index contributed by atoms with van der Waals surface area (Å²) in [5.74, 6) is 2.75. The van der Waals surface area contributed by atoms with Gasteiger partial charge in [-0.15, -0.1) is 0 Å². The average molecular weight is 755 g/mol. The van der Waals surface area contributed by atoms with E-state index in [1.165, 1.54) is 68.1 Å². The first kappa shape index (κ1) is 39.7. The van der Waals surface area contributed by atoms with E-state index >= 15 is 0 Å². The highest BCUT2D eigenvalue weighted by Crippen LogP contribution is 2.76. The molecule has 298 valence electrons. The molecule has 0 aromatic rings. The van der Waals surface area contributed by atoms with Gasteiger partial charge in [-0.2, -0.15) is 0 Å². The fourth-order valence-corrected chi connectivity index (χ4v) is 16.8. The van der Waals surface area contributed by atoms with E-state index in [4.69, 9.17) is 0 Å². The number of halogens is 1. The number of allylic oxidation sites excluding steroid dienone is 5. The number of nitrogens with zero attached hydrogens (tertiary/aromatic N) is 1. The van der Waals surface area contributed by atoms with Crippen molar-refractivity contribution in [3.63, 3.8) is 0 Å². The Balaban J connectivity index is 1.13. The summed E-state index contributed by atoms with van der Waals surface area (Å²) in [6.07, 6.45) is 16.9. The Kier molecular flexibility index (Phi) is 10.2. The molecule has 8 heteroatoms. The molecule has 11 atom stereocenters. The van der Waals surface area contributed by atoms with Crippen LogP contribution in [0.25, 0.3) is 0 Å². The topological polar surface area (TPSA) is 86.7 Å². The Labute approximate surface area is 321 Å². The molecule has 53 heavy (non-hydrogen) atoms. The molecule has 1 saturated heterocycles. The van der Waals surface area contributed by atoms with Gasteiger partial charge in [0.05, 0.1) is 16.9 Å². The Morgan fingerprint density at radius 1 is 0.981 bits per heavy atom. The zero-order chi connectivity index (χ0) is 38.4. The third-order valence-corrected chi connectivity index (χ3v) is 19.9. The molecule has 2 N–H and O–H groups in total. The van der Waals surface area contributed by atoms with E-state index in [-0.39, 0.29) is 45.3 Å². The van der Waals surface area contributed by atoms with Crippen molar-refractivity contribution in [1.29, 1.82) is 0 Å². The zero-order valence-corrected chi connectivity index (χ0v) is 35.0. The third kappa shape index (κ3) is 6.19. The van der Waals surface area contributed by atoms with Crippen molar-refractivity contribution in [3.8, 4) is 0 Å². The monoisotopic (exact) mass is 755 g/mol. The number of rotatable bonds is 8. The van der Waals surface area contributed by atoms with Crippen LogP contribution >= 0.6 is 0 Å². The molecule has 7 aliphatic rings. The first-order valence-corrected chi connectivity index (χ1v) is 23.1. The zero-order valence-electron chi connectivity index (χ0n) is 34.2. The van der Waals surface area contributed by atoms with Crippen LogP contribution in [0.2, 0.25) is 0 Å². The predicted molar refractivity (Wildman–Crippen MR) is 213 cm³/mol. The number of nitrogens with one attached hydrogen (secondary N) is 1. The highest BCUT2D eigenvalue weighted by molar-refractivity contribution is 7.91. The molecule has 1 unspecified atom stereocenters. The van der Waals surface area contributed by atoms with Gasteiger partial charge in [0, 0.05) is 31.7 Å². The molecule has 4 saturated carbocycles. The number of carbonyl (C=O) groups is 1. The highest BCUT2D eigenvalue weighted by Gasteiger charge is 2.70. The van der Waals surface area contributed by atoms with Crippen LogP contribution in [0, 0.1) is 62.6 Å². The lowest BCUT2D eigenvalue weighted by Crippen LogP contribution is -2.68. The van der Waals surface area contributed by atoms with Crippen molar-refractivity contribution < 1.29 is 22.7 Å². The summed E-state index contributed by atoms with van der Waals surface area (Å²) in [6.45, 7) is 24.4. The predicted octanol–water partition coefficient (Wildman–Crippen LogP) is 9.04. The van der Waals surface area contributed by atoms with Crippen LogP contribution in [0.5, 0.6) is 0 Å². The minimum Gasteiger partial charge on any atom is -0.481 e. The average Bonchev–Trinajstić information content (AvgIpc) is 3.40. The second-order valence-electron chi connectivity index (χ2n) is 21.0. The lowest BCUT2D eigenvalue weighted by atomic mass is 9.33. The van der Waals surface area contributed by atoms with Crippen LogP contribution in [0.4, 0.5) is 4.39 Å². The molecular weight excluding hydrogens is 684 g/mol. The van der Waals surface area contributed by atoms with E-state index < -0.39 is 27.9 Å². The lowest BCUT2D eigenvalue weighted by molar-refractivity contribution is -0.221. The second-order valence-corrected chi connectivity index (χ2v) is 23.2. The molecule has 1 heterocycles. The van der Waals surface area contributed by atoms with Crippen molar-refractivity contribution in [2.45, 2.75) is 131 Å². The maximum Gasteiger partial charge on any atom is 0.312 e. The van der Waals surface area contributed by atoms with E-state index in [0.717, 1.165) is 26.1 Å². The van der Waals surface area contributed by atoms with Crippen molar-refractivity contribution >= 4 is 15.8 Å². The molecule has 0 aromatic carbocycles. The Morgan fingerprint density at radius 3 is 2.40 bits per heavy atom. The van der Waals surface area contributed by atoms with Crippen LogP contribution in [-0.2, 0) is 14.6 Å². The van der Waals surface area contributed by atoms with Crippen molar-refractivity contribution in [1.82, 2.24) is 10.2 Å². The summed E-state index contributed by atoms with van der Waals surface area (Å²) < 4.78 is 38.9. The van der Waals surface area contributed by atoms with E-state index in [1.54, 1.807) is 0 Å². The van der Waals surface area contributed by atoms with Crippen molar-refractivity contribution in [3.05, 3.63) is 35.5 Å². The van der Waals surface area contributed by atoms with Crippen LogP contribution in [-0.4, -0.2) is 74.3 Å². The van der Waals surface area contributed by atoms with Crippen LogP contribution in [0.1, 0.15) is 126 Å². The number of hydrogen-bond donors (Lipinski definition) is 2. The van der Waals surface area contributed by atoms with E-state index in [1.807, 2.05) is 0 Å². The van der Waals surface area contributed by atoms with Gasteiger partial charge < -0.3 is 15.3 Å². The van der Waals surface area contributed by atoms with Crippen molar-refractivity contribution in [2.75, 3.05) is 44.4 Å². The number of alkyl halides is 1. The molecular formula is C45H71FN2O4S.